The first-order valence-corrected chi connectivity index (χ1v) is 6.83. The zero-order chi connectivity index (χ0) is 12.3. The molecular weight excluding hydrogens is 252 g/mol. The molecule has 1 aromatic carbocycles. The first-order chi connectivity index (χ1) is 8.18. The molecule has 0 aliphatic carbocycles. The van der Waals surface area contributed by atoms with Crippen LogP contribution in [0.3, 0.4) is 0 Å². The van der Waals surface area contributed by atoms with E-state index in [1.807, 2.05) is 29.9 Å². The lowest BCUT2D eigenvalue weighted by atomic mass is 10.1. The van der Waals surface area contributed by atoms with Crippen LogP contribution in [0.1, 0.15) is 36.4 Å². The maximum atomic E-state index is 6.18. The van der Waals surface area contributed by atoms with E-state index in [-0.39, 0.29) is 12.1 Å². The molecule has 0 aliphatic heterocycles. The predicted molar refractivity (Wildman–Crippen MR) is 73.5 cm³/mol. The molecule has 17 heavy (non-hydrogen) atoms. The largest absolute Gasteiger partial charge is 0.303 e. The molecule has 0 bridgehead atoms. The Morgan fingerprint density at radius 3 is 2.65 bits per heavy atom. The lowest BCUT2D eigenvalue weighted by molar-refractivity contribution is 0.500. The second-order valence-electron chi connectivity index (χ2n) is 4.04. The van der Waals surface area contributed by atoms with Crippen molar-refractivity contribution in [3.63, 3.8) is 0 Å². The monoisotopic (exact) mass is 266 g/mol. The van der Waals surface area contributed by atoms with E-state index >= 15 is 0 Å². The van der Waals surface area contributed by atoms with E-state index < -0.39 is 0 Å². The van der Waals surface area contributed by atoms with Crippen LogP contribution >= 0.6 is 22.9 Å². The highest BCUT2D eigenvalue weighted by Gasteiger charge is 2.13. The van der Waals surface area contributed by atoms with Crippen LogP contribution in [0.4, 0.5) is 0 Å². The Balaban J connectivity index is 2.07. The van der Waals surface area contributed by atoms with Gasteiger partial charge in [-0.15, -0.1) is 11.3 Å². The molecule has 2 atom stereocenters. The molecule has 0 spiro atoms. The van der Waals surface area contributed by atoms with Crippen molar-refractivity contribution < 1.29 is 0 Å². The van der Waals surface area contributed by atoms with Gasteiger partial charge in [0, 0.05) is 28.2 Å². The zero-order valence-electron chi connectivity index (χ0n) is 9.85. The standard InChI is InChI=1S/C13H15ClN2S/c1-9(11-5-3-4-6-12(11)14)16-10(2)13-7-15-8-17-13/h3-10,16H,1-2H3/t9-,10?/m1/s1. The summed E-state index contributed by atoms with van der Waals surface area (Å²) in [6, 6.07) is 8.45. The lowest BCUT2D eigenvalue weighted by Gasteiger charge is -2.20. The van der Waals surface area contributed by atoms with E-state index in [1.165, 1.54) is 4.88 Å². The molecule has 2 rings (SSSR count). The van der Waals surface area contributed by atoms with Crippen molar-refractivity contribution in [3.05, 3.63) is 51.4 Å². The van der Waals surface area contributed by atoms with Crippen molar-refractivity contribution in [1.82, 2.24) is 10.3 Å². The summed E-state index contributed by atoms with van der Waals surface area (Å²) in [5.74, 6) is 0. The fourth-order valence-electron chi connectivity index (χ4n) is 1.81. The number of aromatic nitrogens is 1. The van der Waals surface area contributed by atoms with E-state index in [0.717, 1.165) is 10.6 Å². The minimum Gasteiger partial charge on any atom is -0.303 e. The van der Waals surface area contributed by atoms with Crippen LogP contribution in [0.25, 0.3) is 0 Å². The molecule has 0 amide bonds. The predicted octanol–water partition coefficient (Wildman–Crippen LogP) is 4.21. The minimum atomic E-state index is 0.223. The molecule has 2 aromatic rings. The fourth-order valence-corrected chi connectivity index (χ4v) is 2.75. The maximum Gasteiger partial charge on any atom is 0.0794 e. The average molecular weight is 267 g/mol. The summed E-state index contributed by atoms with van der Waals surface area (Å²) >= 11 is 7.84. The number of benzene rings is 1. The minimum absolute atomic E-state index is 0.223. The van der Waals surface area contributed by atoms with Crippen molar-refractivity contribution in [2.75, 3.05) is 0 Å². The molecule has 0 aliphatic rings. The SMILES string of the molecule is CC(N[C@H](C)c1ccccc1Cl)c1cncs1. The van der Waals surface area contributed by atoms with Gasteiger partial charge in [0.15, 0.2) is 0 Å². The first kappa shape index (κ1) is 12.6. The van der Waals surface area contributed by atoms with Gasteiger partial charge in [0.25, 0.3) is 0 Å². The summed E-state index contributed by atoms with van der Waals surface area (Å²) in [4.78, 5) is 5.33. The van der Waals surface area contributed by atoms with Crippen LogP contribution in [0, 0.1) is 0 Å². The summed E-state index contributed by atoms with van der Waals surface area (Å²) in [6.45, 7) is 4.26. The van der Waals surface area contributed by atoms with Gasteiger partial charge < -0.3 is 5.32 Å². The number of nitrogens with one attached hydrogen (secondary N) is 1. The van der Waals surface area contributed by atoms with Crippen molar-refractivity contribution >= 4 is 22.9 Å². The molecule has 1 aromatic heterocycles. The molecule has 90 valence electrons. The highest BCUT2D eigenvalue weighted by molar-refractivity contribution is 7.09. The number of rotatable bonds is 4. The van der Waals surface area contributed by atoms with Gasteiger partial charge in [-0.05, 0) is 25.5 Å². The van der Waals surface area contributed by atoms with Crippen LogP contribution in [0.5, 0.6) is 0 Å². The van der Waals surface area contributed by atoms with Crippen LogP contribution < -0.4 is 5.32 Å². The fraction of sp³-hybridized carbons (Fsp3) is 0.308. The Morgan fingerprint density at radius 1 is 1.24 bits per heavy atom. The Kier molecular flexibility index (Phi) is 4.15. The van der Waals surface area contributed by atoms with Gasteiger partial charge in [-0.3, -0.25) is 4.98 Å². The number of hydrogen-bond donors (Lipinski definition) is 1. The molecule has 1 heterocycles. The number of hydrogen-bond acceptors (Lipinski definition) is 3. The quantitative estimate of drug-likeness (QED) is 0.897. The van der Waals surface area contributed by atoms with Crippen LogP contribution in [-0.4, -0.2) is 4.98 Å². The molecule has 1 unspecified atom stereocenters. The van der Waals surface area contributed by atoms with Gasteiger partial charge in [0.2, 0.25) is 0 Å². The van der Waals surface area contributed by atoms with E-state index in [0.29, 0.717) is 0 Å². The highest BCUT2D eigenvalue weighted by Crippen LogP contribution is 2.25. The lowest BCUT2D eigenvalue weighted by Crippen LogP contribution is -2.22. The molecule has 0 fully saturated rings. The molecule has 2 nitrogen and oxygen atoms in total. The average Bonchev–Trinajstić information content (AvgIpc) is 2.82. The summed E-state index contributed by atoms with van der Waals surface area (Å²) in [6.07, 6.45) is 1.90. The van der Waals surface area contributed by atoms with Gasteiger partial charge in [-0.2, -0.15) is 0 Å². The van der Waals surface area contributed by atoms with Gasteiger partial charge in [-0.25, -0.2) is 0 Å². The third kappa shape index (κ3) is 3.06. The summed E-state index contributed by atoms with van der Waals surface area (Å²) in [5.41, 5.74) is 2.98. The smallest absolute Gasteiger partial charge is 0.0794 e. The highest BCUT2D eigenvalue weighted by atomic mass is 35.5. The Labute approximate surface area is 111 Å². The molecule has 0 saturated heterocycles. The summed E-state index contributed by atoms with van der Waals surface area (Å²) in [5, 5.41) is 4.33. The van der Waals surface area contributed by atoms with E-state index in [9.17, 15) is 0 Å². The van der Waals surface area contributed by atoms with E-state index in [2.05, 4.69) is 30.2 Å². The summed E-state index contributed by atoms with van der Waals surface area (Å²) in [7, 11) is 0. The first-order valence-electron chi connectivity index (χ1n) is 5.57. The van der Waals surface area contributed by atoms with Crippen molar-refractivity contribution in [3.8, 4) is 0 Å². The third-order valence-corrected chi connectivity index (χ3v) is 4.05. The molecule has 0 saturated carbocycles. The number of halogens is 1. The topological polar surface area (TPSA) is 24.9 Å². The van der Waals surface area contributed by atoms with Crippen LogP contribution in [0.2, 0.25) is 5.02 Å². The molecule has 1 N–H and O–H groups in total. The number of thiazole rings is 1. The van der Waals surface area contributed by atoms with Crippen molar-refractivity contribution in [2.24, 2.45) is 0 Å². The number of nitrogens with zero attached hydrogens (tertiary/aromatic N) is 1. The molecular formula is C13H15ClN2S. The van der Waals surface area contributed by atoms with Crippen molar-refractivity contribution in [2.45, 2.75) is 25.9 Å². The Bertz CT molecular complexity index is 470. The second-order valence-corrected chi connectivity index (χ2v) is 5.36. The maximum absolute atomic E-state index is 6.18. The van der Waals surface area contributed by atoms with Gasteiger partial charge in [0.05, 0.1) is 5.51 Å². The van der Waals surface area contributed by atoms with Gasteiger partial charge >= 0.3 is 0 Å². The van der Waals surface area contributed by atoms with Gasteiger partial charge in [-0.1, -0.05) is 29.8 Å². The molecule has 0 radical (unpaired) electrons. The van der Waals surface area contributed by atoms with Crippen molar-refractivity contribution in [1.29, 1.82) is 0 Å². The Morgan fingerprint density at radius 2 is 2.00 bits per heavy atom. The van der Waals surface area contributed by atoms with E-state index in [1.54, 1.807) is 11.3 Å². The molecule has 4 heteroatoms. The Hall–Kier alpha value is -0.900. The van der Waals surface area contributed by atoms with Crippen LogP contribution in [-0.2, 0) is 0 Å². The van der Waals surface area contributed by atoms with Gasteiger partial charge in [0.1, 0.15) is 0 Å². The summed E-state index contributed by atoms with van der Waals surface area (Å²) < 4.78 is 0. The van der Waals surface area contributed by atoms with Crippen LogP contribution in [0.15, 0.2) is 36.0 Å². The van der Waals surface area contributed by atoms with E-state index in [4.69, 9.17) is 11.6 Å². The third-order valence-electron chi connectivity index (χ3n) is 2.75. The zero-order valence-corrected chi connectivity index (χ0v) is 11.4. The second kappa shape index (κ2) is 5.63. The normalized spacial score (nSPS) is 14.5.